The first kappa shape index (κ1) is 24.1. The quantitative estimate of drug-likeness (QED) is 0.357. The van der Waals surface area contributed by atoms with E-state index < -0.39 is 0 Å². The van der Waals surface area contributed by atoms with E-state index in [2.05, 4.69) is 62.4 Å². The van der Waals surface area contributed by atoms with Crippen molar-refractivity contribution in [1.82, 2.24) is 0 Å². The van der Waals surface area contributed by atoms with Crippen LogP contribution >= 0.6 is 0 Å². The highest BCUT2D eigenvalue weighted by molar-refractivity contribution is 5.75. The zero-order valence-electron chi connectivity index (χ0n) is 20.0. The van der Waals surface area contributed by atoms with Crippen molar-refractivity contribution in [2.75, 3.05) is 0 Å². The molecule has 0 unspecified atom stereocenters. The van der Waals surface area contributed by atoms with Crippen LogP contribution in [0.2, 0.25) is 0 Å². The van der Waals surface area contributed by atoms with Gasteiger partial charge in [-0.3, -0.25) is 0 Å². The fourth-order valence-corrected chi connectivity index (χ4v) is 5.39. The summed E-state index contributed by atoms with van der Waals surface area (Å²) in [6.07, 6.45) is 14.9. The first-order valence-corrected chi connectivity index (χ1v) is 12.8. The molecule has 2 aromatic rings. The van der Waals surface area contributed by atoms with Crippen molar-refractivity contribution in [2.45, 2.75) is 96.8 Å². The summed E-state index contributed by atoms with van der Waals surface area (Å²) in [5, 5.41) is 19.9. The zero-order chi connectivity index (χ0) is 22.8. The minimum atomic E-state index is 0.411. The smallest absolute Gasteiger partial charge is 0.101 e. The number of benzene rings is 2. The van der Waals surface area contributed by atoms with Crippen LogP contribution in [0.5, 0.6) is 0 Å². The SMILES string of the molecule is CCCCCCCc1ccc(-c2ccc([C@H]3CC[C@H](CCC)CC3)c(C#N)c2C#N)cc1. The molecule has 168 valence electrons. The van der Waals surface area contributed by atoms with Crippen molar-refractivity contribution in [2.24, 2.45) is 5.92 Å². The molecular formula is C30H38N2. The summed E-state index contributed by atoms with van der Waals surface area (Å²) in [4.78, 5) is 0. The molecule has 0 aliphatic heterocycles. The van der Waals surface area contributed by atoms with E-state index in [1.165, 1.54) is 63.4 Å². The topological polar surface area (TPSA) is 47.6 Å². The van der Waals surface area contributed by atoms with Crippen molar-refractivity contribution >= 4 is 0 Å². The molecule has 2 nitrogen and oxygen atoms in total. The lowest BCUT2D eigenvalue weighted by Crippen LogP contribution is -2.14. The Morgan fingerprint density at radius 3 is 2.06 bits per heavy atom. The van der Waals surface area contributed by atoms with Gasteiger partial charge in [-0.05, 0) is 67.1 Å². The van der Waals surface area contributed by atoms with Gasteiger partial charge in [0.05, 0.1) is 11.1 Å². The van der Waals surface area contributed by atoms with Crippen molar-refractivity contribution < 1.29 is 0 Å². The van der Waals surface area contributed by atoms with Crippen molar-refractivity contribution in [1.29, 1.82) is 10.5 Å². The molecule has 0 spiro atoms. The molecule has 1 aliphatic rings. The van der Waals surface area contributed by atoms with Gasteiger partial charge in [0.15, 0.2) is 0 Å². The van der Waals surface area contributed by atoms with Crippen LogP contribution < -0.4 is 0 Å². The van der Waals surface area contributed by atoms with Gasteiger partial charge in [0, 0.05) is 5.56 Å². The number of nitriles is 2. The van der Waals surface area contributed by atoms with Crippen LogP contribution in [0.3, 0.4) is 0 Å². The number of aryl methyl sites for hydroxylation is 1. The van der Waals surface area contributed by atoms with Crippen molar-refractivity contribution in [3.63, 3.8) is 0 Å². The summed E-state index contributed by atoms with van der Waals surface area (Å²) in [6, 6.07) is 17.6. The van der Waals surface area contributed by atoms with E-state index in [0.717, 1.165) is 41.9 Å². The lowest BCUT2D eigenvalue weighted by Gasteiger charge is -2.29. The van der Waals surface area contributed by atoms with E-state index in [4.69, 9.17) is 0 Å². The van der Waals surface area contributed by atoms with Crippen LogP contribution in [0.4, 0.5) is 0 Å². The summed E-state index contributed by atoms with van der Waals surface area (Å²) >= 11 is 0. The summed E-state index contributed by atoms with van der Waals surface area (Å²) in [7, 11) is 0. The van der Waals surface area contributed by atoms with Gasteiger partial charge in [-0.25, -0.2) is 0 Å². The van der Waals surface area contributed by atoms with Crippen molar-refractivity contribution in [3.8, 4) is 23.3 Å². The molecule has 1 fully saturated rings. The molecule has 0 saturated heterocycles. The molecule has 2 heteroatoms. The van der Waals surface area contributed by atoms with Gasteiger partial charge in [-0.2, -0.15) is 10.5 Å². The largest absolute Gasteiger partial charge is 0.192 e. The van der Waals surface area contributed by atoms with Gasteiger partial charge in [0.1, 0.15) is 12.1 Å². The molecule has 32 heavy (non-hydrogen) atoms. The van der Waals surface area contributed by atoms with E-state index in [0.29, 0.717) is 17.0 Å². The minimum absolute atomic E-state index is 0.411. The van der Waals surface area contributed by atoms with Gasteiger partial charge in [-0.15, -0.1) is 0 Å². The molecule has 1 saturated carbocycles. The number of rotatable bonds is 10. The van der Waals surface area contributed by atoms with Gasteiger partial charge < -0.3 is 0 Å². The molecule has 0 N–H and O–H groups in total. The van der Waals surface area contributed by atoms with Crippen LogP contribution in [0, 0.1) is 28.6 Å². The first-order valence-electron chi connectivity index (χ1n) is 12.8. The van der Waals surface area contributed by atoms with Crippen LogP contribution in [-0.4, -0.2) is 0 Å². The average Bonchev–Trinajstić information content (AvgIpc) is 2.84. The van der Waals surface area contributed by atoms with E-state index in [-0.39, 0.29) is 0 Å². The Bertz CT molecular complexity index is 935. The standard InChI is InChI=1S/C30H38N2/c1-3-5-6-7-8-10-24-13-17-26(18-14-24)28-20-19-27(29(21-31)30(28)22-32)25-15-11-23(9-4-2)12-16-25/h13-14,17-20,23,25H,3-12,15-16H2,1-2H3/t23-,25-. The van der Waals surface area contributed by atoms with E-state index in [1.807, 2.05) is 0 Å². The van der Waals surface area contributed by atoms with E-state index >= 15 is 0 Å². The van der Waals surface area contributed by atoms with E-state index in [9.17, 15) is 10.5 Å². The summed E-state index contributed by atoms with van der Waals surface area (Å²) in [6.45, 7) is 4.51. The number of hydrogen-bond acceptors (Lipinski definition) is 2. The second-order valence-corrected chi connectivity index (χ2v) is 9.54. The maximum absolute atomic E-state index is 9.97. The number of nitrogens with zero attached hydrogens (tertiary/aromatic N) is 2. The second-order valence-electron chi connectivity index (χ2n) is 9.54. The Kier molecular flexibility index (Phi) is 9.37. The predicted octanol–water partition coefficient (Wildman–Crippen LogP) is 8.68. The zero-order valence-corrected chi connectivity index (χ0v) is 20.0. The predicted molar refractivity (Wildman–Crippen MR) is 133 cm³/mol. The number of unbranched alkanes of at least 4 members (excludes halogenated alkanes) is 4. The fraction of sp³-hybridized carbons (Fsp3) is 0.533. The third-order valence-electron chi connectivity index (χ3n) is 7.28. The Morgan fingerprint density at radius 1 is 0.750 bits per heavy atom. The molecular weight excluding hydrogens is 388 g/mol. The van der Waals surface area contributed by atoms with Crippen LogP contribution in [0.15, 0.2) is 36.4 Å². The first-order chi connectivity index (χ1) is 15.7. The van der Waals surface area contributed by atoms with E-state index in [1.54, 1.807) is 0 Å². The summed E-state index contributed by atoms with van der Waals surface area (Å²) in [5.74, 6) is 1.25. The molecule has 0 atom stereocenters. The normalized spacial score (nSPS) is 18.1. The number of hydrogen-bond donors (Lipinski definition) is 0. The highest BCUT2D eigenvalue weighted by Gasteiger charge is 2.26. The third-order valence-corrected chi connectivity index (χ3v) is 7.28. The third kappa shape index (κ3) is 6.01. The molecule has 0 amide bonds. The molecule has 2 aromatic carbocycles. The molecule has 0 aromatic heterocycles. The average molecular weight is 427 g/mol. The Balaban J connectivity index is 1.75. The summed E-state index contributed by atoms with van der Waals surface area (Å²) in [5.41, 5.74) is 5.51. The molecule has 0 radical (unpaired) electrons. The highest BCUT2D eigenvalue weighted by atomic mass is 14.3. The van der Waals surface area contributed by atoms with Gasteiger partial charge in [0.2, 0.25) is 0 Å². The molecule has 0 bridgehead atoms. The molecule has 0 heterocycles. The lowest BCUT2D eigenvalue weighted by molar-refractivity contribution is 0.308. The maximum Gasteiger partial charge on any atom is 0.101 e. The van der Waals surface area contributed by atoms with Crippen LogP contribution in [0.25, 0.3) is 11.1 Å². The Morgan fingerprint density at radius 2 is 1.44 bits per heavy atom. The fourth-order valence-electron chi connectivity index (χ4n) is 5.39. The van der Waals surface area contributed by atoms with Crippen LogP contribution in [-0.2, 0) is 6.42 Å². The Hall–Kier alpha value is -2.58. The van der Waals surface area contributed by atoms with Crippen LogP contribution in [0.1, 0.15) is 113 Å². The minimum Gasteiger partial charge on any atom is -0.192 e. The summed E-state index contributed by atoms with van der Waals surface area (Å²) < 4.78 is 0. The monoisotopic (exact) mass is 426 g/mol. The van der Waals surface area contributed by atoms with Gasteiger partial charge >= 0.3 is 0 Å². The molecule has 1 aliphatic carbocycles. The lowest BCUT2D eigenvalue weighted by atomic mass is 9.75. The molecule has 3 rings (SSSR count). The second kappa shape index (κ2) is 12.5. The van der Waals surface area contributed by atoms with Crippen molar-refractivity contribution in [3.05, 3.63) is 58.7 Å². The Labute approximate surface area is 195 Å². The van der Waals surface area contributed by atoms with Gasteiger partial charge in [0.25, 0.3) is 0 Å². The van der Waals surface area contributed by atoms with Gasteiger partial charge in [-0.1, -0.05) is 88.8 Å². The maximum atomic E-state index is 9.97. The highest BCUT2D eigenvalue weighted by Crippen LogP contribution is 2.40.